The third-order valence-corrected chi connectivity index (χ3v) is 1.99. The number of carbonyl (C=O) groups excluding carboxylic acids is 1. The van der Waals surface area contributed by atoms with Gasteiger partial charge in [0, 0.05) is 13.2 Å². The number of nitrogens with two attached hydrogens (primary N) is 1. The fourth-order valence-electron chi connectivity index (χ4n) is 1.12. The summed E-state index contributed by atoms with van der Waals surface area (Å²) < 4.78 is 15.4. The van der Waals surface area contributed by atoms with Crippen LogP contribution < -0.4 is 5.73 Å². The molecule has 0 spiro atoms. The minimum absolute atomic E-state index is 0.358. The van der Waals surface area contributed by atoms with E-state index in [9.17, 15) is 4.79 Å². The topological polar surface area (TPSA) is 70.8 Å². The van der Waals surface area contributed by atoms with Crippen LogP contribution in [0.25, 0.3) is 0 Å². The molecule has 5 nitrogen and oxygen atoms in total. The zero-order valence-electron chi connectivity index (χ0n) is 11.1. The van der Waals surface area contributed by atoms with Gasteiger partial charge < -0.3 is 19.9 Å². The Bertz CT molecular complexity index is 197. The van der Waals surface area contributed by atoms with Crippen molar-refractivity contribution in [1.29, 1.82) is 0 Å². The summed E-state index contributed by atoms with van der Waals surface area (Å²) in [6.07, 6.45) is 0.475. The van der Waals surface area contributed by atoms with Crippen LogP contribution in [0.2, 0.25) is 0 Å². The lowest BCUT2D eigenvalue weighted by molar-refractivity contribution is -0.145. The fraction of sp³-hybridized carbons (Fsp3) is 0.917. The molecule has 0 saturated heterocycles. The van der Waals surface area contributed by atoms with Crippen molar-refractivity contribution >= 4 is 5.97 Å². The van der Waals surface area contributed by atoms with Crippen LogP contribution in [0, 0.1) is 5.92 Å². The normalized spacial score (nSPS) is 12.8. The number of hydrogen-bond acceptors (Lipinski definition) is 5. The van der Waals surface area contributed by atoms with E-state index in [1.807, 2.05) is 0 Å². The second-order valence-corrected chi connectivity index (χ2v) is 4.23. The van der Waals surface area contributed by atoms with Crippen molar-refractivity contribution in [2.45, 2.75) is 33.2 Å². The molecule has 0 rings (SSSR count). The third-order valence-electron chi connectivity index (χ3n) is 1.99. The highest BCUT2D eigenvalue weighted by Gasteiger charge is 2.13. The molecule has 0 saturated carbocycles. The van der Waals surface area contributed by atoms with E-state index in [0.29, 0.717) is 38.8 Å². The molecule has 0 radical (unpaired) electrons. The van der Waals surface area contributed by atoms with Gasteiger partial charge in [0.2, 0.25) is 0 Å². The average Bonchev–Trinajstić information content (AvgIpc) is 2.27. The summed E-state index contributed by atoms with van der Waals surface area (Å²) in [6.45, 7) is 8.61. The van der Waals surface area contributed by atoms with Gasteiger partial charge in [-0.2, -0.15) is 0 Å². The van der Waals surface area contributed by atoms with Crippen molar-refractivity contribution in [2.75, 3.05) is 33.0 Å². The Kier molecular flexibility index (Phi) is 10.1. The first-order valence-electron chi connectivity index (χ1n) is 6.15. The van der Waals surface area contributed by atoms with Crippen LogP contribution in [0.5, 0.6) is 0 Å². The van der Waals surface area contributed by atoms with Crippen molar-refractivity contribution in [3.8, 4) is 0 Å². The maximum Gasteiger partial charge on any atom is 0.322 e. The van der Waals surface area contributed by atoms with Gasteiger partial charge in [0.25, 0.3) is 0 Å². The number of rotatable bonds is 10. The van der Waals surface area contributed by atoms with Crippen molar-refractivity contribution in [1.82, 2.24) is 0 Å². The first kappa shape index (κ1) is 16.4. The number of esters is 1. The summed E-state index contributed by atoms with van der Waals surface area (Å²) >= 11 is 0. The second kappa shape index (κ2) is 10.5. The highest BCUT2D eigenvalue weighted by Crippen LogP contribution is 1.95. The van der Waals surface area contributed by atoms with Crippen LogP contribution >= 0.6 is 0 Å². The molecule has 0 amide bonds. The molecule has 0 fully saturated rings. The molecule has 0 aromatic carbocycles. The average molecular weight is 247 g/mol. The molecule has 0 aliphatic heterocycles. The fourth-order valence-corrected chi connectivity index (χ4v) is 1.12. The van der Waals surface area contributed by atoms with Gasteiger partial charge in [-0.15, -0.1) is 0 Å². The molecule has 0 aromatic rings. The highest BCUT2D eigenvalue weighted by molar-refractivity contribution is 5.75. The maximum atomic E-state index is 11.2. The molecule has 0 heterocycles. The molecule has 2 N–H and O–H groups in total. The quantitative estimate of drug-likeness (QED) is 0.460. The summed E-state index contributed by atoms with van der Waals surface area (Å²) in [5.74, 6) is 0.166. The van der Waals surface area contributed by atoms with Crippen molar-refractivity contribution in [3.05, 3.63) is 0 Å². The van der Waals surface area contributed by atoms with Gasteiger partial charge in [0.15, 0.2) is 0 Å². The smallest absolute Gasteiger partial charge is 0.322 e. The molecule has 0 bridgehead atoms. The highest BCUT2D eigenvalue weighted by atomic mass is 16.5. The summed E-state index contributed by atoms with van der Waals surface area (Å²) in [5, 5.41) is 0. The molecule has 1 unspecified atom stereocenters. The van der Waals surface area contributed by atoms with Crippen molar-refractivity contribution < 1.29 is 19.0 Å². The lowest BCUT2D eigenvalue weighted by atomic mass is 10.2. The summed E-state index contributed by atoms with van der Waals surface area (Å²) in [5.41, 5.74) is 5.60. The van der Waals surface area contributed by atoms with Crippen LogP contribution in [-0.2, 0) is 19.0 Å². The lowest BCUT2D eigenvalue weighted by Crippen LogP contribution is -2.33. The van der Waals surface area contributed by atoms with Gasteiger partial charge in [-0.05, 0) is 19.3 Å². The number of hydrogen-bond donors (Lipinski definition) is 1. The van der Waals surface area contributed by atoms with E-state index in [1.165, 1.54) is 0 Å². The van der Waals surface area contributed by atoms with Crippen molar-refractivity contribution in [3.63, 3.8) is 0 Å². The third kappa shape index (κ3) is 10.2. The largest absolute Gasteiger partial charge is 0.465 e. The Balaban J connectivity index is 3.30. The van der Waals surface area contributed by atoms with Crippen LogP contribution in [0.3, 0.4) is 0 Å². The standard InChI is InChI=1S/C12H25NO4/c1-4-17-12(14)11(13)5-6-15-7-8-16-9-10(2)3/h10-11H,4-9,13H2,1-3H3. The predicted octanol–water partition coefficient (Wildman–Crippen LogP) is 0.956. The van der Waals surface area contributed by atoms with Crippen LogP contribution in [0.4, 0.5) is 0 Å². The number of carbonyl (C=O) groups is 1. The van der Waals surface area contributed by atoms with E-state index < -0.39 is 6.04 Å². The SMILES string of the molecule is CCOC(=O)C(N)CCOCCOCC(C)C. The first-order chi connectivity index (χ1) is 8.07. The molecule has 102 valence electrons. The Morgan fingerprint density at radius 3 is 2.41 bits per heavy atom. The second-order valence-electron chi connectivity index (χ2n) is 4.23. The predicted molar refractivity (Wildman–Crippen MR) is 65.7 cm³/mol. The van der Waals surface area contributed by atoms with Crippen LogP contribution in [0.1, 0.15) is 27.2 Å². The Morgan fingerprint density at radius 2 is 1.82 bits per heavy atom. The van der Waals surface area contributed by atoms with Crippen LogP contribution in [0.15, 0.2) is 0 Å². The first-order valence-corrected chi connectivity index (χ1v) is 6.15. The van der Waals surface area contributed by atoms with Crippen LogP contribution in [-0.4, -0.2) is 45.0 Å². The Morgan fingerprint density at radius 1 is 1.18 bits per heavy atom. The monoisotopic (exact) mass is 247 g/mol. The molecule has 0 aromatic heterocycles. The van der Waals surface area contributed by atoms with E-state index in [1.54, 1.807) is 6.92 Å². The van der Waals surface area contributed by atoms with Gasteiger partial charge in [0.05, 0.1) is 19.8 Å². The summed E-state index contributed by atoms with van der Waals surface area (Å²) in [7, 11) is 0. The minimum Gasteiger partial charge on any atom is -0.465 e. The lowest BCUT2D eigenvalue weighted by Gasteiger charge is -2.11. The van der Waals surface area contributed by atoms with E-state index in [2.05, 4.69) is 13.8 Å². The van der Waals surface area contributed by atoms with Gasteiger partial charge in [-0.1, -0.05) is 13.8 Å². The zero-order chi connectivity index (χ0) is 13.1. The van der Waals surface area contributed by atoms with E-state index in [-0.39, 0.29) is 5.97 Å². The van der Waals surface area contributed by atoms with Gasteiger partial charge in [-0.3, -0.25) is 4.79 Å². The van der Waals surface area contributed by atoms with E-state index in [0.717, 1.165) is 6.61 Å². The van der Waals surface area contributed by atoms with Gasteiger partial charge in [0.1, 0.15) is 6.04 Å². The van der Waals surface area contributed by atoms with E-state index in [4.69, 9.17) is 19.9 Å². The molecule has 0 aliphatic rings. The molecule has 1 atom stereocenters. The molecule has 5 heteroatoms. The number of ether oxygens (including phenoxy) is 3. The molecular weight excluding hydrogens is 222 g/mol. The minimum atomic E-state index is -0.591. The molecule has 17 heavy (non-hydrogen) atoms. The molecular formula is C12H25NO4. The van der Waals surface area contributed by atoms with Gasteiger partial charge >= 0.3 is 5.97 Å². The Labute approximate surface area is 104 Å². The van der Waals surface area contributed by atoms with Gasteiger partial charge in [-0.25, -0.2) is 0 Å². The van der Waals surface area contributed by atoms with E-state index >= 15 is 0 Å². The van der Waals surface area contributed by atoms with Crippen molar-refractivity contribution in [2.24, 2.45) is 11.7 Å². The zero-order valence-corrected chi connectivity index (χ0v) is 11.1. The summed E-state index contributed by atoms with van der Waals surface area (Å²) in [4.78, 5) is 11.2. The summed E-state index contributed by atoms with van der Waals surface area (Å²) in [6, 6.07) is -0.591. The Hall–Kier alpha value is -0.650. The maximum absolute atomic E-state index is 11.2. The molecule has 0 aliphatic carbocycles.